The van der Waals surface area contributed by atoms with Gasteiger partial charge >= 0.3 is 11.9 Å². The van der Waals surface area contributed by atoms with Gasteiger partial charge in [-0.15, -0.1) is 11.6 Å². The van der Waals surface area contributed by atoms with E-state index in [1.165, 1.54) is 13.8 Å². The zero-order valence-electron chi connectivity index (χ0n) is 22.5. The maximum atomic E-state index is 11.3. The molecule has 8 heteroatoms. The lowest BCUT2D eigenvalue weighted by atomic mass is 9.77. The standard InChI is InChI=1S/C29H37ClO7/c1-19(2)36-26(15-30)16-35-28-13-10-24(14-20(28)3)29(6,7)23-8-11-25(12-9-23)34-18-27(37-22(5)32)17-33-21(4)31/h8-14,26-27H,1,15-18H2,2-7H3/t26-,27+/m1/s1. The molecule has 0 unspecified atom stereocenters. The van der Waals surface area contributed by atoms with Crippen LogP contribution < -0.4 is 9.47 Å². The van der Waals surface area contributed by atoms with Gasteiger partial charge in [-0.25, -0.2) is 0 Å². The molecule has 0 amide bonds. The Balaban J connectivity index is 2.06. The lowest BCUT2D eigenvalue weighted by Gasteiger charge is -2.27. The van der Waals surface area contributed by atoms with Crippen LogP contribution in [0.1, 0.15) is 51.3 Å². The van der Waals surface area contributed by atoms with Gasteiger partial charge in [0, 0.05) is 19.3 Å². The largest absolute Gasteiger partial charge is 0.491 e. The van der Waals surface area contributed by atoms with E-state index in [4.69, 9.17) is 35.3 Å². The first-order valence-corrected chi connectivity index (χ1v) is 12.6. The molecule has 0 aliphatic heterocycles. The van der Waals surface area contributed by atoms with Crippen molar-refractivity contribution in [3.8, 4) is 11.5 Å². The Morgan fingerprint density at radius 1 is 0.865 bits per heavy atom. The molecule has 2 aromatic carbocycles. The van der Waals surface area contributed by atoms with Gasteiger partial charge in [0.15, 0.2) is 6.10 Å². The molecule has 0 aliphatic carbocycles. The smallest absolute Gasteiger partial charge is 0.303 e. The van der Waals surface area contributed by atoms with E-state index in [9.17, 15) is 9.59 Å². The Morgan fingerprint density at radius 2 is 1.49 bits per heavy atom. The predicted octanol–water partition coefficient (Wildman–Crippen LogP) is 5.73. The van der Waals surface area contributed by atoms with Gasteiger partial charge < -0.3 is 23.7 Å². The summed E-state index contributed by atoms with van der Waals surface area (Å²) in [6.45, 7) is 14.8. The molecule has 0 aromatic heterocycles. The minimum absolute atomic E-state index is 0.0630. The van der Waals surface area contributed by atoms with Crippen molar-refractivity contribution < 1.29 is 33.3 Å². The van der Waals surface area contributed by atoms with Crippen molar-refractivity contribution in [2.24, 2.45) is 0 Å². The minimum atomic E-state index is -0.687. The van der Waals surface area contributed by atoms with Gasteiger partial charge in [-0.3, -0.25) is 9.59 Å². The lowest BCUT2D eigenvalue weighted by molar-refractivity contribution is -0.158. The molecule has 2 rings (SSSR count). The highest BCUT2D eigenvalue weighted by Crippen LogP contribution is 2.34. The molecule has 0 heterocycles. The number of benzene rings is 2. The molecule has 0 saturated heterocycles. The summed E-state index contributed by atoms with van der Waals surface area (Å²) in [5.74, 6) is 1.39. The van der Waals surface area contributed by atoms with Crippen molar-refractivity contribution in [2.45, 2.75) is 59.2 Å². The summed E-state index contributed by atoms with van der Waals surface area (Å²) in [5.41, 5.74) is 2.97. The Kier molecular flexibility index (Phi) is 11.3. The Hall–Kier alpha value is -3.19. The fourth-order valence-corrected chi connectivity index (χ4v) is 3.81. The van der Waals surface area contributed by atoms with Crippen LogP contribution in [0.2, 0.25) is 0 Å². The number of halogens is 1. The fraction of sp³-hybridized carbons (Fsp3) is 0.448. The highest BCUT2D eigenvalue weighted by molar-refractivity contribution is 6.18. The summed E-state index contributed by atoms with van der Waals surface area (Å²) in [7, 11) is 0. The lowest BCUT2D eigenvalue weighted by Crippen LogP contribution is -2.29. The van der Waals surface area contributed by atoms with E-state index in [0.717, 1.165) is 22.4 Å². The number of carbonyl (C=O) groups excluding carboxylic acids is 2. The highest BCUT2D eigenvalue weighted by atomic mass is 35.5. The van der Waals surface area contributed by atoms with Gasteiger partial charge in [0.2, 0.25) is 0 Å². The molecular weight excluding hydrogens is 496 g/mol. The second kappa shape index (κ2) is 13.9. The molecule has 0 N–H and O–H groups in total. The van der Waals surface area contributed by atoms with E-state index in [1.54, 1.807) is 6.92 Å². The molecule has 0 bridgehead atoms. The highest BCUT2D eigenvalue weighted by Gasteiger charge is 2.24. The van der Waals surface area contributed by atoms with Crippen molar-refractivity contribution in [1.29, 1.82) is 0 Å². The van der Waals surface area contributed by atoms with Crippen LogP contribution in [0.3, 0.4) is 0 Å². The van der Waals surface area contributed by atoms with Crippen LogP contribution in [0.25, 0.3) is 0 Å². The fourth-order valence-electron chi connectivity index (χ4n) is 3.66. The van der Waals surface area contributed by atoms with E-state index >= 15 is 0 Å². The normalized spacial score (nSPS) is 12.7. The Morgan fingerprint density at radius 3 is 2.03 bits per heavy atom. The number of aryl methyl sites for hydroxylation is 1. The summed E-state index contributed by atoms with van der Waals surface area (Å²) in [6, 6.07) is 13.9. The molecule has 202 valence electrons. The van der Waals surface area contributed by atoms with E-state index in [2.05, 4.69) is 32.6 Å². The van der Waals surface area contributed by atoms with Crippen molar-refractivity contribution >= 4 is 23.5 Å². The van der Waals surface area contributed by atoms with Crippen LogP contribution in [0.4, 0.5) is 0 Å². The summed E-state index contributed by atoms with van der Waals surface area (Å²) in [4.78, 5) is 22.4. The van der Waals surface area contributed by atoms with Crippen LogP contribution in [0, 0.1) is 6.92 Å². The van der Waals surface area contributed by atoms with E-state index in [-0.39, 0.29) is 24.7 Å². The van der Waals surface area contributed by atoms with Crippen LogP contribution >= 0.6 is 11.6 Å². The summed E-state index contributed by atoms with van der Waals surface area (Å²) in [5, 5.41) is 0. The molecular formula is C29H37ClO7. The molecule has 7 nitrogen and oxygen atoms in total. The van der Waals surface area contributed by atoms with E-state index < -0.39 is 18.0 Å². The number of carbonyl (C=O) groups is 2. The number of allylic oxidation sites excluding steroid dienone is 1. The second-order valence-corrected chi connectivity index (χ2v) is 9.69. The Bertz CT molecular complexity index is 1060. The molecule has 0 radical (unpaired) electrons. The third kappa shape index (κ3) is 9.65. The van der Waals surface area contributed by atoms with Crippen molar-refractivity contribution in [1.82, 2.24) is 0 Å². The maximum Gasteiger partial charge on any atom is 0.303 e. The third-order valence-electron chi connectivity index (χ3n) is 5.68. The van der Waals surface area contributed by atoms with Crippen LogP contribution in [0.5, 0.6) is 11.5 Å². The first kappa shape index (κ1) is 30.0. The van der Waals surface area contributed by atoms with Gasteiger partial charge in [-0.05, 0) is 48.7 Å². The minimum Gasteiger partial charge on any atom is -0.491 e. The topological polar surface area (TPSA) is 80.3 Å². The number of esters is 2. The Labute approximate surface area is 224 Å². The van der Waals surface area contributed by atoms with Gasteiger partial charge in [-0.1, -0.05) is 44.7 Å². The predicted molar refractivity (Wildman–Crippen MR) is 143 cm³/mol. The number of alkyl halides is 1. The molecule has 0 spiro atoms. The molecule has 0 saturated carbocycles. The summed E-state index contributed by atoms with van der Waals surface area (Å²) < 4.78 is 27.4. The first-order chi connectivity index (χ1) is 17.4. The van der Waals surface area contributed by atoms with E-state index in [1.807, 2.05) is 37.3 Å². The van der Waals surface area contributed by atoms with Gasteiger partial charge in [0.05, 0.1) is 11.6 Å². The monoisotopic (exact) mass is 532 g/mol. The average Bonchev–Trinajstić information content (AvgIpc) is 2.83. The zero-order valence-corrected chi connectivity index (χ0v) is 23.2. The number of rotatable bonds is 14. The number of hydrogen-bond acceptors (Lipinski definition) is 7. The molecule has 2 aromatic rings. The number of ether oxygens (including phenoxy) is 5. The van der Waals surface area contributed by atoms with E-state index in [0.29, 0.717) is 24.0 Å². The van der Waals surface area contributed by atoms with Crippen LogP contribution in [-0.4, -0.2) is 49.8 Å². The maximum absolute atomic E-state index is 11.3. The van der Waals surface area contributed by atoms with Crippen LogP contribution in [-0.2, 0) is 29.2 Å². The summed E-state index contributed by atoms with van der Waals surface area (Å²) in [6.07, 6.45) is -0.949. The van der Waals surface area contributed by atoms with Crippen molar-refractivity contribution in [3.05, 3.63) is 71.5 Å². The zero-order chi connectivity index (χ0) is 27.6. The summed E-state index contributed by atoms with van der Waals surface area (Å²) >= 11 is 5.97. The molecule has 2 atom stereocenters. The van der Waals surface area contributed by atoms with Crippen molar-refractivity contribution in [2.75, 3.05) is 25.7 Å². The first-order valence-electron chi connectivity index (χ1n) is 12.1. The van der Waals surface area contributed by atoms with Gasteiger partial charge in [0.1, 0.15) is 37.4 Å². The number of hydrogen-bond donors (Lipinski definition) is 0. The molecule has 37 heavy (non-hydrogen) atoms. The molecule has 0 fully saturated rings. The third-order valence-corrected chi connectivity index (χ3v) is 6.02. The van der Waals surface area contributed by atoms with Crippen LogP contribution in [0.15, 0.2) is 54.8 Å². The van der Waals surface area contributed by atoms with Crippen molar-refractivity contribution in [3.63, 3.8) is 0 Å². The average molecular weight is 533 g/mol. The SMILES string of the molecule is C=C(C)O[C@H](CCl)COc1ccc(C(C)(C)c2ccc(OC[C@H](COC(C)=O)OC(C)=O)cc2)cc1C. The molecule has 0 aliphatic rings. The quantitative estimate of drug-likeness (QED) is 0.174. The second-order valence-electron chi connectivity index (χ2n) is 9.38. The van der Waals surface area contributed by atoms with Gasteiger partial charge in [-0.2, -0.15) is 0 Å². The van der Waals surface area contributed by atoms with Gasteiger partial charge in [0.25, 0.3) is 0 Å².